The van der Waals surface area contributed by atoms with E-state index in [-0.39, 0.29) is 22.8 Å². The summed E-state index contributed by atoms with van der Waals surface area (Å²) >= 11 is 0. The summed E-state index contributed by atoms with van der Waals surface area (Å²) in [6.07, 6.45) is -3.45. The van der Waals surface area contributed by atoms with Crippen molar-refractivity contribution >= 4 is 16.9 Å². The Hall–Kier alpha value is -4.02. The SMILES string of the molecule is Cc1c(C(=O)O[C@H](C)c2nc3ccccc3c(=O)[nH]2)cnn1-c1ccc(C(F)(F)F)cn1. The Labute approximate surface area is 178 Å². The summed E-state index contributed by atoms with van der Waals surface area (Å²) in [6.45, 7) is 3.12. The van der Waals surface area contributed by atoms with Crippen LogP contribution in [0.5, 0.6) is 0 Å². The van der Waals surface area contributed by atoms with Crippen molar-refractivity contribution in [2.24, 2.45) is 0 Å². The number of ether oxygens (including phenoxy) is 1. The molecule has 0 saturated heterocycles. The topological polar surface area (TPSA) is 103 Å². The zero-order chi connectivity index (χ0) is 23.0. The van der Waals surface area contributed by atoms with E-state index in [1.807, 2.05) is 0 Å². The van der Waals surface area contributed by atoms with Crippen molar-refractivity contribution in [2.45, 2.75) is 26.1 Å². The molecule has 32 heavy (non-hydrogen) atoms. The normalized spacial score (nSPS) is 12.7. The average molecular weight is 443 g/mol. The second kappa shape index (κ2) is 7.91. The van der Waals surface area contributed by atoms with Gasteiger partial charge in [0.25, 0.3) is 5.56 Å². The molecule has 3 aromatic heterocycles. The van der Waals surface area contributed by atoms with Crippen LogP contribution in [0.4, 0.5) is 13.2 Å². The number of aromatic nitrogens is 5. The first-order valence-electron chi connectivity index (χ1n) is 9.43. The molecule has 1 N–H and O–H groups in total. The number of para-hydroxylation sites is 1. The molecule has 4 rings (SSSR count). The van der Waals surface area contributed by atoms with Crippen molar-refractivity contribution in [3.8, 4) is 5.82 Å². The molecule has 11 heteroatoms. The number of alkyl halides is 3. The maximum absolute atomic E-state index is 12.7. The monoisotopic (exact) mass is 443 g/mol. The summed E-state index contributed by atoms with van der Waals surface area (Å²) in [5.74, 6) is -0.441. The van der Waals surface area contributed by atoms with Gasteiger partial charge < -0.3 is 9.72 Å². The van der Waals surface area contributed by atoms with E-state index in [0.717, 1.165) is 12.1 Å². The average Bonchev–Trinajstić information content (AvgIpc) is 3.14. The molecule has 0 fully saturated rings. The first-order chi connectivity index (χ1) is 15.1. The number of nitrogens with one attached hydrogen (secondary N) is 1. The quantitative estimate of drug-likeness (QED) is 0.482. The number of pyridine rings is 1. The smallest absolute Gasteiger partial charge is 0.417 e. The van der Waals surface area contributed by atoms with Crippen molar-refractivity contribution in [3.63, 3.8) is 0 Å². The number of nitrogens with zero attached hydrogens (tertiary/aromatic N) is 4. The zero-order valence-electron chi connectivity index (χ0n) is 16.8. The van der Waals surface area contributed by atoms with Gasteiger partial charge in [0.2, 0.25) is 0 Å². The van der Waals surface area contributed by atoms with Crippen LogP contribution >= 0.6 is 0 Å². The number of carbonyl (C=O) groups is 1. The molecule has 0 radical (unpaired) electrons. The fraction of sp³-hybridized carbons (Fsp3) is 0.190. The second-order valence-corrected chi connectivity index (χ2v) is 6.97. The Kier molecular flexibility index (Phi) is 5.25. The zero-order valence-corrected chi connectivity index (χ0v) is 16.8. The van der Waals surface area contributed by atoms with E-state index in [1.54, 1.807) is 38.1 Å². The number of hydrogen-bond donors (Lipinski definition) is 1. The molecule has 1 atom stereocenters. The highest BCUT2D eigenvalue weighted by atomic mass is 19.4. The van der Waals surface area contributed by atoms with E-state index in [0.29, 0.717) is 22.8 Å². The summed E-state index contributed by atoms with van der Waals surface area (Å²) in [5.41, 5.74) is -0.357. The van der Waals surface area contributed by atoms with Crippen molar-refractivity contribution < 1.29 is 22.7 Å². The van der Waals surface area contributed by atoms with E-state index in [4.69, 9.17) is 4.74 Å². The molecular formula is C21H16F3N5O3. The van der Waals surface area contributed by atoms with E-state index in [2.05, 4.69) is 20.1 Å². The number of rotatable bonds is 4. The molecule has 0 saturated carbocycles. The van der Waals surface area contributed by atoms with E-state index >= 15 is 0 Å². The molecule has 0 unspecified atom stereocenters. The Balaban J connectivity index is 1.56. The molecule has 1 aromatic carbocycles. The van der Waals surface area contributed by atoms with Gasteiger partial charge in [-0.2, -0.15) is 18.3 Å². The van der Waals surface area contributed by atoms with Crippen molar-refractivity contribution in [3.05, 3.63) is 81.8 Å². The molecule has 0 amide bonds. The third kappa shape index (κ3) is 3.96. The first kappa shape index (κ1) is 21.2. The van der Waals surface area contributed by atoms with Crippen LogP contribution in [0.3, 0.4) is 0 Å². The van der Waals surface area contributed by atoms with Gasteiger partial charge in [-0.05, 0) is 38.1 Å². The van der Waals surface area contributed by atoms with Crippen LogP contribution in [0.2, 0.25) is 0 Å². The molecule has 0 bridgehead atoms. The summed E-state index contributed by atoms with van der Waals surface area (Å²) in [6, 6.07) is 8.80. The minimum Gasteiger partial charge on any atom is -0.451 e. The van der Waals surface area contributed by atoms with Gasteiger partial charge in [-0.15, -0.1) is 0 Å². The molecule has 3 heterocycles. The van der Waals surface area contributed by atoms with Crippen LogP contribution in [-0.2, 0) is 10.9 Å². The van der Waals surface area contributed by atoms with Crippen LogP contribution in [0.15, 0.2) is 53.6 Å². The molecule has 0 aliphatic heterocycles. The molecule has 0 aliphatic rings. The minimum atomic E-state index is -4.51. The highest BCUT2D eigenvalue weighted by Gasteiger charge is 2.31. The maximum atomic E-state index is 12.7. The van der Waals surface area contributed by atoms with E-state index in [1.165, 1.54) is 10.9 Å². The van der Waals surface area contributed by atoms with Gasteiger partial charge in [-0.1, -0.05) is 12.1 Å². The number of carbonyl (C=O) groups excluding carboxylic acids is 1. The Morgan fingerprint density at radius 3 is 2.59 bits per heavy atom. The molecular weight excluding hydrogens is 427 g/mol. The number of aromatic amines is 1. The summed E-state index contributed by atoms with van der Waals surface area (Å²) < 4.78 is 44.9. The van der Waals surface area contributed by atoms with Gasteiger partial charge in [-0.3, -0.25) is 4.79 Å². The lowest BCUT2D eigenvalue weighted by Gasteiger charge is -2.13. The van der Waals surface area contributed by atoms with Crippen molar-refractivity contribution in [2.75, 3.05) is 0 Å². The van der Waals surface area contributed by atoms with Gasteiger partial charge in [0, 0.05) is 6.20 Å². The van der Waals surface area contributed by atoms with Crippen molar-refractivity contribution in [1.82, 2.24) is 24.7 Å². The standard InChI is InChI=1S/C21H16F3N5O3/c1-11-15(10-26-29(11)17-8-7-13(9-25-17)21(22,23)24)20(31)32-12(2)18-27-16-6-4-3-5-14(16)19(30)28-18/h3-10,12H,1-2H3,(H,27,28,30)/t12-/m1/s1. The number of esters is 1. The van der Waals surface area contributed by atoms with E-state index in [9.17, 15) is 22.8 Å². The van der Waals surface area contributed by atoms with Crippen LogP contribution < -0.4 is 5.56 Å². The van der Waals surface area contributed by atoms with Crippen LogP contribution in [0, 0.1) is 6.92 Å². The third-order valence-electron chi connectivity index (χ3n) is 4.82. The third-order valence-corrected chi connectivity index (χ3v) is 4.82. The summed E-state index contributed by atoms with van der Waals surface area (Å²) in [5, 5.41) is 4.45. The predicted octanol–water partition coefficient (Wildman–Crippen LogP) is 3.75. The Morgan fingerprint density at radius 2 is 1.91 bits per heavy atom. The van der Waals surface area contributed by atoms with Gasteiger partial charge in [-0.25, -0.2) is 19.4 Å². The number of benzene rings is 1. The number of halogens is 3. The Morgan fingerprint density at radius 1 is 1.16 bits per heavy atom. The van der Waals surface area contributed by atoms with Crippen LogP contribution in [0.25, 0.3) is 16.7 Å². The van der Waals surface area contributed by atoms with Crippen LogP contribution in [0.1, 0.15) is 40.5 Å². The second-order valence-electron chi connectivity index (χ2n) is 6.97. The lowest BCUT2D eigenvalue weighted by molar-refractivity contribution is -0.137. The number of fused-ring (bicyclic) bond motifs is 1. The molecule has 164 valence electrons. The lowest BCUT2D eigenvalue weighted by atomic mass is 10.2. The first-order valence-corrected chi connectivity index (χ1v) is 9.43. The molecule has 0 spiro atoms. The molecule has 0 aliphatic carbocycles. The molecule has 8 nitrogen and oxygen atoms in total. The Bertz CT molecular complexity index is 1360. The predicted molar refractivity (Wildman–Crippen MR) is 107 cm³/mol. The maximum Gasteiger partial charge on any atom is 0.417 e. The lowest BCUT2D eigenvalue weighted by Crippen LogP contribution is -2.17. The highest BCUT2D eigenvalue weighted by Crippen LogP contribution is 2.29. The fourth-order valence-electron chi connectivity index (χ4n) is 3.10. The van der Waals surface area contributed by atoms with Gasteiger partial charge in [0.15, 0.2) is 17.7 Å². The van der Waals surface area contributed by atoms with Gasteiger partial charge in [0.1, 0.15) is 5.56 Å². The van der Waals surface area contributed by atoms with E-state index < -0.39 is 23.8 Å². The number of hydrogen-bond acceptors (Lipinski definition) is 6. The van der Waals surface area contributed by atoms with Crippen molar-refractivity contribution in [1.29, 1.82) is 0 Å². The van der Waals surface area contributed by atoms with Gasteiger partial charge >= 0.3 is 12.1 Å². The fourth-order valence-corrected chi connectivity index (χ4v) is 3.10. The largest absolute Gasteiger partial charge is 0.451 e. The minimum absolute atomic E-state index is 0.0988. The van der Waals surface area contributed by atoms with Crippen LogP contribution in [-0.4, -0.2) is 30.7 Å². The van der Waals surface area contributed by atoms with Gasteiger partial charge in [0.05, 0.1) is 28.4 Å². The highest BCUT2D eigenvalue weighted by molar-refractivity contribution is 5.90. The number of H-pyrrole nitrogens is 1. The molecule has 4 aromatic rings. The summed E-state index contributed by atoms with van der Waals surface area (Å²) in [7, 11) is 0. The summed E-state index contributed by atoms with van der Waals surface area (Å²) in [4.78, 5) is 35.6.